The number of halogens is 4. The van der Waals surface area contributed by atoms with Gasteiger partial charge >= 0.3 is 0 Å². The van der Waals surface area contributed by atoms with Crippen LogP contribution < -0.4 is 9.47 Å². The van der Waals surface area contributed by atoms with E-state index in [2.05, 4.69) is 6.92 Å². The first kappa shape index (κ1) is 22.0. The molecule has 162 valence electrons. The largest absolute Gasteiger partial charge is 0.493 e. The third-order valence-electron chi connectivity index (χ3n) is 4.93. The monoisotopic (exact) mass is 424 g/mol. The molecule has 3 rings (SSSR count). The van der Waals surface area contributed by atoms with Gasteiger partial charge in [0.2, 0.25) is 11.6 Å². The van der Waals surface area contributed by atoms with Crippen molar-refractivity contribution in [3.8, 4) is 11.5 Å². The topological polar surface area (TPSA) is 27.7 Å². The fourth-order valence-corrected chi connectivity index (χ4v) is 3.37. The fourth-order valence-electron chi connectivity index (χ4n) is 3.37. The van der Waals surface area contributed by atoms with E-state index in [1.807, 2.05) is 0 Å². The summed E-state index contributed by atoms with van der Waals surface area (Å²) in [4.78, 5) is 0. The molecule has 0 bridgehead atoms. The van der Waals surface area contributed by atoms with Crippen LogP contribution in [0.1, 0.15) is 56.8 Å². The molecule has 0 radical (unpaired) electrons. The molecule has 2 aromatic rings. The summed E-state index contributed by atoms with van der Waals surface area (Å²) >= 11 is 0. The van der Waals surface area contributed by atoms with Crippen LogP contribution in [0.3, 0.4) is 0 Å². The molecule has 0 N–H and O–H groups in total. The number of hydrogen-bond donors (Lipinski definition) is 0. The molecule has 3 nitrogen and oxygen atoms in total. The molecule has 1 unspecified atom stereocenters. The van der Waals surface area contributed by atoms with E-state index < -0.39 is 41.7 Å². The van der Waals surface area contributed by atoms with Gasteiger partial charge in [-0.05, 0) is 43.9 Å². The van der Waals surface area contributed by atoms with Gasteiger partial charge in [-0.2, -0.15) is 8.78 Å². The number of ether oxygens (including phenoxy) is 3. The Balaban J connectivity index is 1.72. The van der Waals surface area contributed by atoms with E-state index in [4.69, 9.17) is 14.2 Å². The first-order chi connectivity index (χ1) is 14.5. The molecule has 1 heterocycles. The minimum atomic E-state index is -1.25. The Labute approximate surface area is 173 Å². The highest BCUT2D eigenvalue weighted by molar-refractivity contribution is 5.35. The Morgan fingerprint density at radius 1 is 0.900 bits per heavy atom. The highest BCUT2D eigenvalue weighted by atomic mass is 19.2. The molecule has 0 aromatic heterocycles. The van der Waals surface area contributed by atoms with Crippen molar-refractivity contribution in [3.05, 3.63) is 70.5 Å². The van der Waals surface area contributed by atoms with E-state index in [0.717, 1.165) is 24.8 Å². The Kier molecular flexibility index (Phi) is 7.24. The minimum Gasteiger partial charge on any atom is -0.493 e. The van der Waals surface area contributed by atoms with Crippen molar-refractivity contribution >= 4 is 0 Å². The number of allylic oxidation sites excluding steroid dienone is 1. The summed E-state index contributed by atoms with van der Waals surface area (Å²) in [6, 6.07) is 5.21. The molecule has 1 aliphatic heterocycles. The van der Waals surface area contributed by atoms with Crippen LogP contribution in [0.2, 0.25) is 0 Å². The summed E-state index contributed by atoms with van der Waals surface area (Å²) in [6.07, 6.45) is 4.32. The second-order valence-electron chi connectivity index (χ2n) is 7.04. The minimum absolute atomic E-state index is 0.108. The van der Waals surface area contributed by atoms with Crippen LogP contribution in [0.15, 0.2) is 36.1 Å². The Bertz CT molecular complexity index is 927. The normalized spacial score (nSPS) is 16.1. The quantitative estimate of drug-likeness (QED) is 0.439. The maximum absolute atomic E-state index is 14.6. The second-order valence-corrected chi connectivity index (χ2v) is 7.04. The lowest BCUT2D eigenvalue weighted by molar-refractivity contribution is 0.115. The molecule has 1 aliphatic rings. The van der Waals surface area contributed by atoms with Gasteiger partial charge in [-0.15, -0.1) is 0 Å². The van der Waals surface area contributed by atoms with Gasteiger partial charge in [0, 0.05) is 11.1 Å². The van der Waals surface area contributed by atoms with Crippen LogP contribution in [-0.2, 0) is 11.3 Å². The summed E-state index contributed by atoms with van der Waals surface area (Å²) in [5.41, 5.74) is 1.17. The van der Waals surface area contributed by atoms with E-state index in [-0.39, 0.29) is 23.5 Å². The Morgan fingerprint density at radius 2 is 1.60 bits per heavy atom. The van der Waals surface area contributed by atoms with Crippen molar-refractivity contribution in [2.24, 2.45) is 0 Å². The fraction of sp³-hybridized carbons (Fsp3) is 0.391. The average Bonchev–Trinajstić information content (AvgIpc) is 2.75. The van der Waals surface area contributed by atoms with Gasteiger partial charge in [0.05, 0.1) is 12.9 Å². The summed E-state index contributed by atoms with van der Waals surface area (Å²) in [5.74, 6) is -5.21. The van der Waals surface area contributed by atoms with Gasteiger partial charge in [0.15, 0.2) is 23.1 Å². The molecule has 0 aliphatic carbocycles. The summed E-state index contributed by atoms with van der Waals surface area (Å²) in [5, 5.41) is 0. The molecule has 0 saturated carbocycles. The Hall–Kier alpha value is -2.70. The van der Waals surface area contributed by atoms with Crippen LogP contribution >= 0.6 is 0 Å². The molecule has 0 fully saturated rings. The van der Waals surface area contributed by atoms with Crippen molar-refractivity contribution in [3.63, 3.8) is 0 Å². The van der Waals surface area contributed by atoms with Crippen molar-refractivity contribution < 1.29 is 31.8 Å². The molecule has 0 spiro atoms. The third-order valence-corrected chi connectivity index (χ3v) is 4.93. The van der Waals surface area contributed by atoms with E-state index in [9.17, 15) is 17.6 Å². The van der Waals surface area contributed by atoms with Crippen molar-refractivity contribution in [1.29, 1.82) is 0 Å². The highest BCUT2D eigenvalue weighted by Gasteiger charge is 2.24. The number of rotatable bonds is 8. The standard InChI is InChI=1S/C23H24F4O3/c1-3-5-14-6-9-17(29-12-14)16-8-7-15(20(24)21(16)25)13-30-19-11-10-18(28-4-2)22(26)23(19)27/h7-8,10-12,17H,3-6,9,13H2,1-2H3. The maximum Gasteiger partial charge on any atom is 0.204 e. The lowest BCUT2D eigenvalue weighted by atomic mass is 9.96. The Morgan fingerprint density at radius 3 is 2.20 bits per heavy atom. The molecule has 2 aromatic carbocycles. The van der Waals surface area contributed by atoms with E-state index in [0.29, 0.717) is 6.42 Å². The lowest BCUT2D eigenvalue weighted by Crippen LogP contribution is -2.12. The SMILES string of the molecule is CCCC1=COC(c2ccc(COc3ccc(OCC)c(F)c3F)c(F)c2F)CC1. The van der Waals surface area contributed by atoms with Gasteiger partial charge in [-0.25, -0.2) is 8.78 Å². The van der Waals surface area contributed by atoms with Crippen molar-refractivity contribution in [2.45, 2.75) is 52.2 Å². The first-order valence-electron chi connectivity index (χ1n) is 9.99. The zero-order valence-electron chi connectivity index (χ0n) is 16.9. The third kappa shape index (κ3) is 4.71. The molecule has 1 atom stereocenters. The average molecular weight is 424 g/mol. The predicted octanol–water partition coefficient (Wildman–Crippen LogP) is 6.76. The van der Waals surface area contributed by atoms with Crippen LogP contribution in [0, 0.1) is 23.3 Å². The summed E-state index contributed by atoms with van der Waals surface area (Å²) < 4.78 is 72.9. The summed E-state index contributed by atoms with van der Waals surface area (Å²) in [6.45, 7) is 3.42. The summed E-state index contributed by atoms with van der Waals surface area (Å²) in [7, 11) is 0. The molecular formula is C23H24F4O3. The molecule has 0 amide bonds. The van der Waals surface area contributed by atoms with Crippen LogP contribution in [0.25, 0.3) is 0 Å². The molecular weight excluding hydrogens is 400 g/mol. The van der Waals surface area contributed by atoms with Gasteiger partial charge in [0.1, 0.15) is 12.7 Å². The zero-order chi connectivity index (χ0) is 21.7. The predicted molar refractivity (Wildman–Crippen MR) is 104 cm³/mol. The van der Waals surface area contributed by atoms with Crippen molar-refractivity contribution in [1.82, 2.24) is 0 Å². The van der Waals surface area contributed by atoms with Crippen LogP contribution in [0.5, 0.6) is 11.5 Å². The van der Waals surface area contributed by atoms with Crippen LogP contribution in [0.4, 0.5) is 17.6 Å². The van der Waals surface area contributed by atoms with Gasteiger partial charge in [0.25, 0.3) is 0 Å². The zero-order valence-corrected chi connectivity index (χ0v) is 16.9. The maximum atomic E-state index is 14.6. The first-order valence-corrected chi connectivity index (χ1v) is 9.99. The van der Waals surface area contributed by atoms with E-state index >= 15 is 0 Å². The highest BCUT2D eigenvalue weighted by Crippen LogP contribution is 2.34. The lowest BCUT2D eigenvalue weighted by Gasteiger charge is -2.24. The van der Waals surface area contributed by atoms with Gasteiger partial charge in [-0.3, -0.25) is 0 Å². The molecule has 7 heteroatoms. The molecule has 0 saturated heterocycles. The van der Waals surface area contributed by atoms with Gasteiger partial charge in [-0.1, -0.05) is 25.5 Å². The van der Waals surface area contributed by atoms with E-state index in [1.54, 1.807) is 13.2 Å². The number of hydrogen-bond acceptors (Lipinski definition) is 3. The van der Waals surface area contributed by atoms with E-state index in [1.165, 1.54) is 24.3 Å². The van der Waals surface area contributed by atoms with Crippen LogP contribution in [-0.4, -0.2) is 6.61 Å². The smallest absolute Gasteiger partial charge is 0.204 e. The second kappa shape index (κ2) is 9.87. The number of benzene rings is 2. The van der Waals surface area contributed by atoms with Gasteiger partial charge < -0.3 is 14.2 Å². The van der Waals surface area contributed by atoms with Crippen molar-refractivity contribution in [2.75, 3.05) is 6.61 Å². The molecule has 30 heavy (non-hydrogen) atoms.